The van der Waals surface area contributed by atoms with Gasteiger partial charge >= 0.3 is 12.1 Å². The number of alkyl halides is 3. The van der Waals surface area contributed by atoms with E-state index < -0.39 is 18.2 Å². The summed E-state index contributed by atoms with van der Waals surface area (Å²) in [6.07, 6.45) is -2.81. The molecule has 0 spiro atoms. The van der Waals surface area contributed by atoms with Crippen LogP contribution in [-0.4, -0.2) is 18.2 Å². The van der Waals surface area contributed by atoms with Gasteiger partial charge in [0, 0.05) is 0 Å². The molecular formula is C12H15F3O2. The van der Waals surface area contributed by atoms with Gasteiger partial charge in [-0.2, -0.15) is 13.2 Å². The number of hydrogen-bond donors (Lipinski definition) is 0. The highest BCUT2D eigenvalue weighted by Crippen LogP contribution is 2.31. The van der Waals surface area contributed by atoms with E-state index in [9.17, 15) is 18.0 Å². The average molecular weight is 248 g/mol. The van der Waals surface area contributed by atoms with E-state index in [0.717, 1.165) is 12.0 Å². The summed E-state index contributed by atoms with van der Waals surface area (Å²) in [5.41, 5.74) is 1.56. The molecule has 0 fully saturated rings. The maximum Gasteiger partial charge on any atom is 0.490 e. The monoisotopic (exact) mass is 248 g/mol. The first-order valence-electron chi connectivity index (χ1n) is 5.31. The largest absolute Gasteiger partial charge is 0.490 e. The Morgan fingerprint density at radius 1 is 1.53 bits per heavy atom. The van der Waals surface area contributed by atoms with E-state index in [2.05, 4.69) is 11.3 Å². The third-order valence-corrected chi connectivity index (χ3v) is 2.91. The number of hydrogen-bond acceptors (Lipinski definition) is 2. The van der Waals surface area contributed by atoms with Crippen LogP contribution in [0.5, 0.6) is 0 Å². The van der Waals surface area contributed by atoms with Crippen molar-refractivity contribution in [3.63, 3.8) is 0 Å². The van der Waals surface area contributed by atoms with Crippen molar-refractivity contribution in [3.05, 3.63) is 23.8 Å². The van der Waals surface area contributed by atoms with Gasteiger partial charge in [-0.25, -0.2) is 4.79 Å². The van der Waals surface area contributed by atoms with Gasteiger partial charge < -0.3 is 4.74 Å². The van der Waals surface area contributed by atoms with Gasteiger partial charge in [-0.15, -0.1) is 0 Å². The molecule has 96 valence electrons. The van der Waals surface area contributed by atoms with Gasteiger partial charge in [0.2, 0.25) is 0 Å². The van der Waals surface area contributed by atoms with E-state index in [1.165, 1.54) is 0 Å². The molecule has 0 aromatic carbocycles. The molecular weight excluding hydrogens is 233 g/mol. The molecule has 0 aliphatic heterocycles. The van der Waals surface area contributed by atoms with Gasteiger partial charge in [0.05, 0.1) is 0 Å². The average Bonchev–Trinajstić information content (AvgIpc) is 2.19. The lowest BCUT2D eigenvalue weighted by atomic mass is 9.84. The summed E-state index contributed by atoms with van der Waals surface area (Å²) in [6.45, 7) is 7.27. The van der Waals surface area contributed by atoms with Crippen LogP contribution < -0.4 is 0 Å². The molecule has 2 atom stereocenters. The molecule has 1 aliphatic carbocycles. The second kappa shape index (κ2) is 4.94. The molecule has 0 saturated heterocycles. The van der Waals surface area contributed by atoms with Crippen LogP contribution in [0.1, 0.15) is 26.7 Å². The quantitative estimate of drug-likeness (QED) is 0.553. The van der Waals surface area contributed by atoms with E-state index in [-0.39, 0.29) is 5.92 Å². The zero-order chi connectivity index (χ0) is 13.2. The molecule has 0 radical (unpaired) electrons. The zero-order valence-corrected chi connectivity index (χ0v) is 9.80. The van der Waals surface area contributed by atoms with Crippen LogP contribution in [0.2, 0.25) is 0 Å². The minimum Gasteiger partial charge on any atom is -0.451 e. The third kappa shape index (κ3) is 3.61. The number of ether oxygens (including phenoxy) is 1. The molecule has 0 N–H and O–H groups in total. The highest BCUT2D eigenvalue weighted by atomic mass is 19.4. The molecule has 0 aromatic rings. The zero-order valence-electron chi connectivity index (χ0n) is 9.80. The number of rotatable bonds is 2. The van der Waals surface area contributed by atoms with E-state index >= 15 is 0 Å². The van der Waals surface area contributed by atoms with Crippen molar-refractivity contribution in [1.82, 2.24) is 0 Å². The van der Waals surface area contributed by atoms with Crippen LogP contribution in [0.25, 0.3) is 0 Å². The van der Waals surface area contributed by atoms with E-state index in [1.807, 2.05) is 6.92 Å². The van der Waals surface area contributed by atoms with Crippen molar-refractivity contribution in [1.29, 1.82) is 0 Å². The van der Waals surface area contributed by atoms with Crippen molar-refractivity contribution in [2.45, 2.75) is 39.0 Å². The second-order valence-electron chi connectivity index (χ2n) is 4.35. The number of esters is 1. The molecule has 0 unspecified atom stereocenters. The lowest BCUT2D eigenvalue weighted by Gasteiger charge is -2.28. The van der Waals surface area contributed by atoms with Crippen molar-refractivity contribution < 1.29 is 22.7 Å². The van der Waals surface area contributed by atoms with Crippen LogP contribution in [0.15, 0.2) is 23.8 Å². The molecule has 1 aliphatic rings. The first-order chi connectivity index (χ1) is 7.71. The molecule has 0 saturated carbocycles. The van der Waals surface area contributed by atoms with Gasteiger partial charge in [0.15, 0.2) is 0 Å². The molecule has 5 heteroatoms. The molecule has 1 rings (SSSR count). The summed E-state index contributed by atoms with van der Waals surface area (Å²) in [5.74, 6) is -2.05. The Balaban J connectivity index is 2.71. The first-order valence-corrected chi connectivity index (χ1v) is 5.31. The van der Waals surface area contributed by atoms with Crippen LogP contribution in [0.3, 0.4) is 0 Å². The Labute approximate surface area is 98.1 Å². The summed E-state index contributed by atoms with van der Waals surface area (Å²) in [4.78, 5) is 10.8. The maximum atomic E-state index is 12.1. The Bertz CT molecular complexity index is 355. The fraction of sp³-hybridized carbons (Fsp3) is 0.583. The Kier molecular flexibility index (Phi) is 4.01. The van der Waals surface area contributed by atoms with Crippen LogP contribution in [-0.2, 0) is 9.53 Å². The van der Waals surface area contributed by atoms with Gasteiger partial charge in [-0.05, 0) is 38.2 Å². The third-order valence-electron chi connectivity index (χ3n) is 2.91. The first kappa shape index (κ1) is 13.8. The standard InChI is InChI=1S/C12H15F3O2/c1-7(2)9-5-4-8(3)10(6-9)17-11(16)12(13,14)15/h4,9-10H,1,5-6H2,2-3H3/t9-,10-/m1/s1. The number of halogens is 3. The highest BCUT2D eigenvalue weighted by Gasteiger charge is 2.43. The predicted octanol–water partition coefficient (Wildman–Crippen LogP) is 3.39. The van der Waals surface area contributed by atoms with Gasteiger partial charge in [-0.1, -0.05) is 18.2 Å². The summed E-state index contributed by atoms with van der Waals surface area (Å²) in [5, 5.41) is 0. The summed E-state index contributed by atoms with van der Waals surface area (Å²) in [7, 11) is 0. The molecule has 0 amide bonds. The lowest BCUT2D eigenvalue weighted by Crippen LogP contribution is -2.33. The second-order valence-corrected chi connectivity index (χ2v) is 4.35. The predicted molar refractivity (Wildman–Crippen MR) is 57.2 cm³/mol. The minimum absolute atomic E-state index is 0.0738. The number of carbonyl (C=O) groups excluding carboxylic acids is 1. The van der Waals surface area contributed by atoms with Gasteiger partial charge in [0.25, 0.3) is 0 Å². The Morgan fingerprint density at radius 3 is 2.59 bits per heavy atom. The maximum absolute atomic E-state index is 12.1. The molecule has 17 heavy (non-hydrogen) atoms. The molecule has 0 bridgehead atoms. The fourth-order valence-corrected chi connectivity index (χ4v) is 1.74. The van der Waals surface area contributed by atoms with Gasteiger partial charge in [0.1, 0.15) is 6.10 Å². The van der Waals surface area contributed by atoms with Crippen molar-refractivity contribution in [2.75, 3.05) is 0 Å². The van der Waals surface area contributed by atoms with Crippen LogP contribution in [0.4, 0.5) is 13.2 Å². The van der Waals surface area contributed by atoms with Crippen molar-refractivity contribution >= 4 is 5.97 Å². The fourth-order valence-electron chi connectivity index (χ4n) is 1.74. The topological polar surface area (TPSA) is 26.3 Å². The van der Waals surface area contributed by atoms with Crippen LogP contribution >= 0.6 is 0 Å². The highest BCUT2D eigenvalue weighted by molar-refractivity contribution is 5.76. The van der Waals surface area contributed by atoms with E-state index in [4.69, 9.17) is 0 Å². The molecule has 2 nitrogen and oxygen atoms in total. The molecule has 0 heterocycles. The van der Waals surface area contributed by atoms with Crippen molar-refractivity contribution in [3.8, 4) is 0 Å². The molecule has 0 aromatic heterocycles. The number of carbonyl (C=O) groups is 1. The summed E-state index contributed by atoms with van der Waals surface area (Å²) < 4.78 is 40.7. The lowest BCUT2D eigenvalue weighted by molar-refractivity contribution is -0.204. The number of allylic oxidation sites excluding steroid dienone is 2. The van der Waals surface area contributed by atoms with E-state index in [0.29, 0.717) is 12.0 Å². The Hall–Kier alpha value is -1.26. The van der Waals surface area contributed by atoms with Gasteiger partial charge in [-0.3, -0.25) is 0 Å². The minimum atomic E-state index is -4.93. The Morgan fingerprint density at radius 2 is 2.12 bits per heavy atom. The summed E-state index contributed by atoms with van der Waals surface area (Å²) >= 11 is 0. The normalized spacial score (nSPS) is 25.1. The smallest absolute Gasteiger partial charge is 0.451 e. The SMILES string of the molecule is C=C(C)[C@@H]1CC=C(C)[C@H](OC(=O)C(F)(F)F)C1. The summed E-state index contributed by atoms with van der Waals surface area (Å²) in [6, 6.07) is 0. The van der Waals surface area contributed by atoms with E-state index in [1.54, 1.807) is 13.0 Å². The van der Waals surface area contributed by atoms with Crippen molar-refractivity contribution in [2.24, 2.45) is 5.92 Å². The van der Waals surface area contributed by atoms with Crippen LogP contribution in [0, 0.1) is 5.92 Å².